The lowest BCUT2D eigenvalue weighted by Gasteiger charge is -2.11. The minimum atomic E-state index is -0.180. The van der Waals surface area contributed by atoms with E-state index in [1.807, 2.05) is 55.8 Å². The first-order chi connectivity index (χ1) is 12.5. The lowest BCUT2D eigenvalue weighted by atomic mass is 10.1. The number of pyridine rings is 2. The molecule has 0 saturated carbocycles. The Balaban J connectivity index is 1.79. The van der Waals surface area contributed by atoms with Gasteiger partial charge in [0.2, 0.25) is 0 Å². The standard InChI is InChI=1S/C20H19N5O/c1-12(2)25-19-16(11-22-25)15(10-13(3)23-19)20(26)24-18-8-4-7-17-14(18)6-5-9-21-17/h4-12H,1-3H3,(H,24,26). The largest absolute Gasteiger partial charge is 0.321 e. The Kier molecular flexibility index (Phi) is 3.88. The number of hydrogen-bond acceptors (Lipinski definition) is 4. The third-order valence-electron chi connectivity index (χ3n) is 4.32. The molecule has 3 heterocycles. The van der Waals surface area contributed by atoms with Gasteiger partial charge in [0.25, 0.3) is 5.91 Å². The summed E-state index contributed by atoms with van der Waals surface area (Å²) in [6.07, 6.45) is 3.45. The Hall–Kier alpha value is -3.28. The smallest absolute Gasteiger partial charge is 0.256 e. The Morgan fingerprint density at radius 3 is 2.81 bits per heavy atom. The van der Waals surface area contributed by atoms with Gasteiger partial charge in [-0.15, -0.1) is 0 Å². The van der Waals surface area contributed by atoms with Crippen molar-refractivity contribution in [3.63, 3.8) is 0 Å². The highest BCUT2D eigenvalue weighted by Crippen LogP contribution is 2.25. The quantitative estimate of drug-likeness (QED) is 0.606. The van der Waals surface area contributed by atoms with Crippen LogP contribution in [0.1, 0.15) is 35.9 Å². The normalized spacial score (nSPS) is 11.4. The molecule has 4 rings (SSSR count). The van der Waals surface area contributed by atoms with E-state index in [0.29, 0.717) is 5.56 Å². The van der Waals surface area contributed by atoms with Crippen molar-refractivity contribution in [1.29, 1.82) is 0 Å². The van der Waals surface area contributed by atoms with Gasteiger partial charge in [-0.25, -0.2) is 9.67 Å². The van der Waals surface area contributed by atoms with Crippen molar-refractivity contribution < 1.29 is 4.79 Å². The Morgan fingerprint density at radius 2 is 2.00 bits per heavy atom. The van der Waals surface area contributed by atoms with Crippen molar-refractivity contribution in [2.45, 2.75) is 26.8 Å². The molecular weight excluding hydrogens is 326 g/mol. The Bertz CT molecular complexity index is 1120. The van der Waals surface area contributed by atoms with Crippen LogP contribution in [-0.4, -0.2) is 25.7 Å². The molecule has 6 nitrogen and oxygen atoms in total. The number of anilines is 1. The number of nitrogens with one attached hydrogen (secondary N) is 1. The number of amides is 1. The van der Waals surface area contributed by atoms with E-state index < -0.39 is 0 Å². The second-order valence-corrected chi connectivity index (χ2v) is 6.56. The predicted octanol–water partition coefficient (Wildman–Crippen LogP) is 4.12. The Morgan fingerprint density at radius 1 is 1.15 bits per heavy atom. The number of hydrogen-bond donors (Lipinski definition) is 1. The van der Waals surface area contributed by atoms with Gasteiger partial charge in [-0.05, 0) is 51.1 Å². The second-order valence-electron chi connectivity index (χ2n) is 6.56. The number of benzene rings is 1. The average molecular weight is 345 g/mol. The number of aromatic nitrogens is 4. The minimum absolute atomic E-state index is 0.168. The zero-order valence-corrected chi connectivity index (χ0v) is 14.9. The highest BCUT2D eigenvalue weighted by atomic mass is 16.1. The van der Waals surface area contributed by atoms with E-state index in [1.165, 1.54) is 0 Å². The van der Waals surface area contributed by atoms with Gasteiger partial charge in [-0.1, -0.05) is 6.07 Å². The fourth-order valence-corrected chi connectivity index (χ4v) is 3.11. The van der Waals surface area contributed by atoms with Crippen LogP contribution < -0.4 is 5.32 Å². The fraction of sp³-hybridized carbons (Fsp3) is 0.200. The number of rotatable bonds is 3. The van der Waals surface area contributed by atoms with Gasteiger partial charge in [-0.2, -0.15) is 5.10 Å². The SMILES string of the molecule is Cc1cc(C(=O)Nc2cccc3ncccc23)c2cnn(C(C)C)c2n1. The molecule has 0 aliphatic rings. The van der Waals surface area contributed by atoms with E-state index in [1.54, 1.807) is 18.5 Å². The molecule has 26 heavy (non-hydrogen) atoms. The second kappa shape index (κ2) is 6.22. The summed E-state index contributed by atoms with van der Waals surface area (Å²) in [6.45, 7) is 5.97. The highest BCUT2D eigenvalue weighted by Gasteiger charge is 2.17. The summed E-state index contributed by atoms with van der Waals surface area (Å²) in [7, 11) is 0. The van der Waals surface area contributed by atoms with Gasteiger partial charge >= 0.3 is 0 Å². The molecule has 0 spiro atoms. The van der Waals surface area contributed by atoms with Crippen LogP contribution in [0.5, 0.6) is 0 Å². The predicted molar refractivity (Wildman–Crippen MR) is 102 cm³/mol. The highest BCUT2D eigenvalue weighted by molar-refractivity contribution is 6.14. The van der Waals surface area contributed by atoms with Gasteiger partial charge in [0.05, 0.1) is 28.4 Å². The molecule has 0 atom stereocenters. The van der Waals surface area contributed by atoms with E-state index in [9.17, 15) is 4.79 Å². The van der Waals surface area contributed by atoms with Gasteiger partial charge < -0.3 is 5.32 Å². The lowest BCUT2D eigenvalue weighted by molar-refractivity contribution is 0.102. The third kappa shape index (κ3) is 2.69. The molecule has 130 valence electrons. The molecule has 1 amide bonds. The maximum absolute atomic E-state index is 13.0. The number of fused-ring (bicyclic) bond motifs is 2. The first kappa shape index (κ1) is 16.2. The first-order valence-corrected chi connectivity index (χ1v) is 8.54. The van der Waals surface area contributed by atoms with Crippen molar-refractivity contribution in [3.05, 3.63) is 60.0 Å². The van der Waals surface area contributed by atoms with E-state index in [-0.39, 0.29) is 11.9 Å². The summed E-state index contributed by atoms with van der Waals surface area (Å²) < 4.78 is 1.83. The van der Waals surface area contributed by atoms with Crippen LogP contribution in [0.4, 0.5) is 5.69 Å². The number of carbonyl (C=O) groups is 1. The van der Waals surface area contributed by atoms with Crippen molar-refractivity contribution in [1.82, 2.24) is 19.7 Å². The molecule has 0 bridgehead atoms. The number of aryl methyl sites for hydroxylation is 1. The molecule has 1 aromatic carbocycles. The van der Waals surface area contributed by atoms with Crippen LogP contribution in [-0.2, 0) is 0 Å². The molecule has 0 unspecified atom stereocenters. The van der Waals surface area contributed by atoms with E-state index >= 15 is 0 Å². The maximum atomic E-state index is 13.0. The number of nitrogens with zero attached hydrogens (tertiary/aromatic N) is 4. The van der Waals surface area contributed by atoms with Crippen molar-refractivity contribution >= 4 is 33.5 Å². The molecule has 0 aliphatic heterocycles. The van der Waals surface area contributed by atoms with Crippen LogP contribution in [0.3, 0.4) is 0 Å². The van der Waals surface area contributed by atoms with E-state index in [2.05, 4.69) is 20.4 Å². The first-order valence-electron chi connectivity index (χ1n) is 8.54. The minimum Gasteiger partial charge on any atom is -0.321 e. The zero-order chi connectivity index (χ0) is 18.3. The molecular formula is C20H19N5O. The Labute approximate surface area is 150 Å². The summed E-state index contributed by atoms with van der Waals surface area (Å²) in [4.78, 5) is 21.9. The molecule has 1 N–H and O–H groups in total. The molecule has 3 aromatic heterocycles. The molecule has 0 saturated heterocycles. The fourth-order valence-electron chi connectivity index (χ4n) is 3.11. The van der Waals surface area contributed by atoms with Gasteiger partial charge in [0, 0.05) is 23.3 Å². The maximum Gasteiger partial charge on any atom is 0.256 e. The van der Waals surface area contributed by atoms with Gasteiger partial charge in [-0.3, -0.25) is 9.78 Å². The van der Waals surface area contributed by atoms with Crippen molar-refractivity contribution in [2.24, 2.45) is 0 Å². The van der Waals surface area contributed by atoms with E-state index in [0.717, 1.165) is 33.3 Å². The molecule has 0 radical (unpaired) electrons. The topological polar surface area (TPSA) is 72.7 Å². The monoisotopic (exact) mass is 345 g/mol. The van der Waals surface area contributed by atoms with Crippen LogP contribution in [0, 0.1) is 6.92 Å². The van der Waals surface area contributed by atoms with Crippen molar-refractivity contribution in [2.75, 3.05) is 5.32 Å². The summed E-state index contributed by atoms with van der Waals surface area (Å²) in [6, 6.07) is 11.5. The van der Waals surface area contributed by atoms with Crippen molar-refractivity contribution in [3.8, 4) is 0 Å². The van der Waals surface area contributed by atoms with Crippen LogP contribution in [0.15, 0.2) is 48.8 Å². The molecule has 6 heteroatoms. The van der Waals surface area contributed by atoms with Gasteiger partial charge in [0.1, 0.15) is 0 Å². The summed E-state index contributed by atoms with van der Waals surface area (Å²) >= 11 is 0. The summed E-state index contributed by atoms with van der Waals surface area (Å²) in [5, 5.41) is 9.07. The average Bonchev–Trinajstić information content (AvgIpc) is 3.05. The zero-order valence-electron chi connectivity index (χ0n) is 14.9. The number of carbonyl (C=O) groups excluding carboxylic acids is 1. The molecule has 0 fully saturated rings. The van der Waals surface area contributed by atoms with E-state index in [4.69, 9.17) is 0 Å². The van der Waals surface area contributed by atoms with Crippen LogP contribution in [0.25, 0.3) is 21.9 Å². The van der Waals surface area contributed by atoms with Crippen LogP contribution >= 0.6 is 0 Å². The van der Waals surface area contributed by atoms with Gasteiger partial charge in [0.15, 0.2) is 5.65 Å². The third-order valence-corrected chi connectivity index (χ3v) is 4.32. The molecule has 4 aromatic rings. The molecule has 0 aliphatic carbocycles. The van der Waals surface area contributed by atoms with Crippen LogP contribution in [0.2, 0.25) is 0 Å². The summed E-state index contributed by atoms with van der Waals surface area (Å²) in [5.41, 5.74) is 3.66. The lowest BCUT2D eigenvalue weighted by Crippen LogP contribution is -2.13. The summed E-state index contributed by atoms with van der Waals surface area (Å²) in [5.74, 6) is -0.180.